The third-order valence-electron chi connectivity index (χ3n) is 4.70. The van der Waals surface area contributed by atoms with E-state index in [-0.39, 0.29) is 35.1 Å². The molecular formula is C15H22N2O4S2. The van der Waals surface area contributed by atoms with Gasteiger partial charge >= 0.3 is 0 Å². The molecule has 2 fully saturated rings. The van der Waals surface area contributed by atoms with Crippen LogP contribution < -0.4 is 5.73 Å². The third kappa shape index (κ3) is 4.05. The maximum Gasteiger partial charge on any atom is 0.151 e. The molecule has 6 nitrogen and oxygen atoms in total. The zero-order valence-corrected chi connectivity index (χ0v) is 14.5. The fourth-order valence-electron chi connectivity index (χ4n) is 3.46. The van der Waals surface area contributed by atoms with Crippen molar-refractivity contribution in [1.82, 2.24) is 4.90 Å². The summed E-state index contributed by atoms with van der Waals surface area (Å²) in [4.78, 5) is 2.08. The van der Waals surface area contributed by atoms with E-state index in [1.807, 2.05) is 24.3 Å². The summed E-state index contributed by atoms with van der Waals surface area (Å²) in [5.74, 6) is 0.627. The van der Waals surface area contributed by atoms with Crippen LogP contribution in [-0.2, 0) is 26.2 Å². The molecule has 0 aliphatic carbocycles. The first-order valence-electron chi connectivity index (χ1n) is 7.75. The highest BCUT2D eigenvalue weighted by Gasteiger charge is 2.39. The summed E-state index contributed by atoms with van der Waals surface area (Å²) in [5, 5.41) is 0. The average Bonchev–Trinajstić information content (AvgIpc) is 3.00. The van der Waals surface area contributed by atoms with Gasteiger partial charge in [-0.15, -0.1) is 0 Å². The fourth-order valence-corrected chi connectivity index (χ4v) is 6.95. The molecule has 128 valence electrons. The van der Waals surface area contributed by atoms with E-state index >= 15 is 0 Å². The van der Waals surface area contributed by atoms with Gasteiger partial charge in [0.15, 0.2) is 19.7 Å². The van der Waals surface area contributed by atoms with Gasteiger partial charge in [0.1, 0.15) is 0 Å². The van der Waals surface area contributed by atoms with Crippen LogP contribution in [0.25, 0.3) is 0 Å². The number of anilines is 1. The lowest BCUT2D eigenvalue weighted by Gasteiger charge is -2.33. The van der Waals surface area contributed by atoms with Crippen molar-refractivity contribution in [2.75, 3.05) is 28.7 Å². The molecule has 2 heterocycles. The minimum absolute atomic E-state index is 0.101. The third-order valence-corrected chi connectivity index (χ3v) is 8.20. The van der Waals surface area contributed by atoms with Crippen LogP contribution in [0.3, 0.4) is 0 Å². The van der Waals surface area contributed by atoms with E-state index in [9.17, 15) is 16.8 Å². The second-order valence-electron chi connectivity index (χ2n) is 6.53. The van der Waals surface area contributed by atoms with E-state index < -0.39 is 19.7 Å². The molecule has 23 heavy (non-hydrogen) atoms. The zero-order valence-electron chi connectivity index (χ0n) is 12.9. The quantitative estimate of drug-likeness (QED) is 0.785. The Morgan fingerprint density at radius 1 is 0.913 bits per heavy atom. The van der Waals surface area contributed by atoms with E-state index in [1.54, 1.807) is 0 Å². The Kier molecular flexibility index (Phi) is 4.41. The van der Waals surface area contributed by atoms with Crippen molar-refractivity contribution >= 4 is 25.4 Å². The number of sulfone groups is 2. The molecular weight excluding hydrogens is 336 g/mol. The number of nitrogen functional groups attached to an aromatic ring is 1. The predicted molar refractivity (Wildman–Crippen MR) is 90.5 cm³/mol. The first-order chi connectivity index (χ1) is 10.7. The molecule has 0 amide bonds. The maximum absolute atomic E-state index is 11.8. The van der Waals surface area contributed by atoms with Gasteiger partial charge in [-0.2, -0.15) is 0 Å². The summed E-state index contributed by atoms with van der Waals surface area (Å²) in [5.41, 5.74) is 7.40. The van der Waals surface area contributed by atoms with Crippen LogP contribution in [0, 0.1) is 0 Å². The van der Waals surface area contributed by atoms with Crippen LogP contribution in [0.1, 0.15) is 18.4 Å². The van der Waals surface area contributed by atoms with Gasteiger partial charge in [0, 0.05) is 24.3 Å². The summed E-state index contributed by atoms with van der Waals surface area (Å²) in [7, 11) is -6.02. The highest BCUT2D eigenvalue weighted by atomic mass is 32.2. The van der Waals surface area contributed by atoms with Gasteiger partial charge in [0.05, 0.1) is 23.0 Å². The van der Waals surface area contributed by atoms with Gasteiger partial charge in [-0.1, -0.05) is 12.1 Å². The average molecular weight is 358 g/mol. The maximum atomic E-state index is 11.8. The van der Waals surface area contributed by atoms with Crippen LogP contribution in [0.5, 0.6) is 0 Å². The molecule has 2 aliphatic rings. The fraction of sp³-hybridized carbons (Fsp3) is 0.600. The number of nitrogens with two attached hydrogens (primary N) is 1. The first kappa shape index (κ1) is 16.7. The van der Waals surface area contributed by atoms with Crippen LogP contribution in [0.15, 0.2) is 24.3 Å². The molecule has 1 aromatic rings. The number of rotatable bonds is 4. The number of hydrogen-bond acceptors (Lipinski definition) is 6. The lowest BCUT2D eigenvalue weighted by Crippen LogP contribution is -2.44. The van der Waals surface area contributed by atoms with Crippen molar-refractivity contribution in [2.45, 2.75) is 31.5 Å². The molecule has 2 N–H and O–H groups in total. The minimum atomic E-state index is -3.01. The Bertz CT molecular complexity index is 728. The van der Waals surface area contributed by atoms with Crippen molar-refractivity contribution in [2.24, 2.45) is 0 Å². The van der Waals surface area contributed by atoms with Gasteiger partial charge in [-0.25, -0.2) is 16.8 Å². The number of nitrogens with zero attached hydrogens (tertiary/aromatic N) is 1. The Labute approximate surface area is 137 Å². The lowest BCUT2D eigenvalue weighted by atomic mass is 10.1. The molecule has 8 heteroatoms. The molecule has 0 bridgehead atoms. The van der Waals surface area contributed by atoms with Crippen molar-refractivity contribution in [3.05, 3.63) is 29.8 Å². The van der Waals surface area contributed by atoms with Gasteiger partial charge in [-0.05, 0) is 30.5 Å². The normalized spacial score (nSPS) is 29.1. The molecule has 0 saturated carbocycles. The van der Waals surface area contributed by atoms with Gasteiger partial charge in [-0.3, -0.25) is 4.90 Å². The Morgan fingerprint density at radius 3 is 1.78 bits per heavy atom. The monoisotopic (exact) mass is 358 g/mol. The van der Waals surface area contributed by atoms with E-state index in [0.717, 1.165) is 5.56 Å². The molecule has 3 rings (SSSR count). The summed E-state index contributed by atoms with van der Waals surface area (Å²) in [6.45, 7) is 0.556. The molecule has 0 aromatic heterocycles. The summed E-state index contributed by atoms with van der Waals surface area (Å²) < 4.78 is 47.3. The van der Waals surface area contributed by atoms with Crippen LogP contribution in [-0.4, -0.2) is 56.8 Å². The standard InChI is InChI=1S/C15H22N2O4S2/c16-13-3-1-12(2-4-13)9-17(14-5-7-22(18,19)10-14)15-6-8-23(20,21)11-15/h1-4,14-15H,5-11,16H2/t14-,15+. The molecule has 2 atom stereocenters. The van der Waals surface area contributed by atoms with Crippen LogP contribution in [0.4, 0.5) is 5.69 Å². The van der Waals surface area contributed by atoms with Crippen molar-refractivity contribution in [3.8, 4) is 0 Å². The van der Waals surface area contributed by atoms with E-state index in [1.165, 1.54) is 0 Å². The Morgan fingerprint density at radius 2 is 1.39 bits per heavy atom. The second kappa shape index (κ2) is 6.07. The number of hydrogen-bond donors (Lipinski definition) is 1. The van der Waals surface area contributed by atoms with Crippen LogP contribution >= 0.6 is 0 Å². The summed E-state index contributed by atoms with van der Waals surface area (Å²) in [6, 6.07) is 7.24. The Hall–Kier alpha value is -1.12. The van der Waals surface area contributed by atoms with E-state index in [4.69, 9.17) is 5.73 Å². The van der Waals surface area contributed by atoms with Crippen molar-refractivity contribution < 1.29 is 16.8 Å². The second-order valence-corrected chi connectivity index (χ2v) is 11.0. The zero-order chi connectivity index (χ0) is 16.7. The van der Waals surface area contributed by atoms with Crippen LogP contribution in [0.2, 0.25) is 0 Å². The molecule has 0 spiro atoms. The lowest BCUT2D eigenvalue weighted by molar-refractivity contribution is 0.150. The van der Waals surface area contributed by atoms with E-state index in [0.29, 0.717) is 25.1 Å². The van der Waals surface area contributed by atoms with Gasteiger partial charge in [0.2, 0.25) is 0 Å². The molecule has 0 radical (unpaired) electrons. The largest absolute Gasteiger partial charge is 0.399 e. The molecule has 2 aliphatic heterocycles. The smallest absolute Gasteiger partial charge is 0.151 e. The van der Waals surface area contributed by atoms with E-state index in [2.05, 4.69) is 4.90 Å². The Balaban J connectivity index is 1.83. The molecule has 1 aromatic carbocycles. The molecule has 2 saturated heterocycles. The topological polar surface area (TPSA) is 97.5 Å². The first-order valence-corrected chi connectivity index (χ1v) is 11.4. The summed E-state index contributed by atoms with van der Waals surface area (Å²) >= 11 is 0. The number of benzene rings is 1. The molecule has 0 unspecified atom stereocenters. The van der Waals surface area contributed by atoms with Crippen molar-refractivity contribution in [3.63, 3.8) is 0 Å². The highest BCUT2D eigenvalue weighted by molar-refractivity contribution is 7.92. The van der Waals surface area contributed by atoms with Gasteiger partial charge in [0.25, 0.3) is 0 Å². The predicted octanol–water partition coefficient (Wildman–Crippen LogP) is 0.445. The van der Waals surface area contributed by atoms with Gasteiger partial charge < -0.3 is 5.73 Å². The summed E-state index contributed by atoms with van der Waals surface area (Å²) in [6.07, 6.45) is 1.15. The van der Waals surface area contributed by atoms with Crippen molar-refractivity contribution in [1.29, 1.82) is 0 Å². The highest BCUT2D eigenvalue weighted by Crippen LogP contribution is 2.27. The SMILES string of the molecule is Nc1ccc(CN([C@@H]2CCS(=O)(=O)C2)[C@H]2CCS(=O)(=O)C2)cc1. The minimum Gasteiger partial charge on any atom is -0.399 e.